The van der Waals surface area contributed by atoms with Crippen LogP contribution in [0.3, 0.4) is 0 Å². The summed E-state index contributed by atoms with van der Waals surface area (Å²) in [5.74, 6) is 0. The highest BCUT2D eigenvalue weighted by atomic mass is 32.1. The summed E-state index contributed by atoms with van der Waals surface area (Å²) in [6.45, 7) is 8.86. The molecule has 0 aromatic carbocycles. The SMILES string of the molecule is Cc1ccsc1C(C(C)N)N1CCN(C)CC1. The van der Waals surface area contributed by atoms with Crippen LogP contribution < -0.4 is 5.73 Å². The van der Waals surface area contributed by atoms with Gasteiger partial charge in [-0.25, -0.2) is 0 Å². The molecule has 1 aliphatic heterocycles. The van der Waals surface area contributed by atoms with E-state index in [-0.39, 0.29) is 6.04 Å². The third kappa shape index (κ3) is 2.88. The van der Waals surface area contributed by atoms with Gasteiger partial charge in [-0.1, -0.05) is 0 Å². The van der Waals surface area contributed by atoms with E-state index in [1.54, 1.807) is 0 Å². The topological polar surface area (TPSA) is 32.5 Å². The van der Waals surface area contributed by atoms with Crippen LogP contribution in [-0.4, -0.2) is 49.1 Å². The minimum Gasteiger partial charge on any atom is -0.326 e. The second-order valence-electron chi connectivity index (χ2n) is 5.11. The molecule has 0 radical (unpaired) electrons. The molecular weight excluding hydrogens is 230 g/mol. The van der Waals surface area contributed by atoms with E-state index in [2.05, 4.69) is 42.1 Å². The molecule has 3 nitrogen and oxygen atoms in total. The van der Waals surface area contributed by atoms with Gasteiger partial charge in [-0.2, -0.15) is 0 Å². The summed E-state index contributed by atoms with van der Waals surface area (Å²) in [5, 5.41) is 2.18. The molecule has 0 saturated carbocycles. The van der Waals surface area contributed by atoms with Gasteiger partial charge >= 0.3 is 0 Å². The maximum absolute atomic E-state index is 6.21. The van der Waals surface area contributed by atoms with Gasteiger partial charge in [0.25, 0.3) is 0 Å². The van der Waals surface area contributed by atoms with Crippen molar-refractivity contribution in [2.45, 2.75) is 25.9 Å². The van der Waals surface area contributed by atoms with Crippen LogP contribution in [0.4, 0.5) is 0 Å². The number of piperazine rings is 1. The lowest BCUT2D eigenvalue weighted by Crippen LogP contribution is -2.49. The van der Waals surface area contributed by atoms with E-state index in [1.807, 2.05) is 11.3 Å². The quantitative estimate of drug-likeness (QED) is 0.890. The molecule has 2 atom stereocenters. The van der Waals surface area contributed by atoms with Crippen molar-refractivity contribution in [3.8, 4) is 0 Å². The van der Waals surface area contributed by atoms with Gasteiger partial charge in [0.2, 0.25) is 0 Å². The van der Waals surface area contributed by atoms with Gasteiger partial charge in [0.1, 0.15) is 0 Å². The fourth-order valence-corrected chi connectivity index (χ4v) is 3.70. The van der Waals surface area contributed by atoms with Gasteiger partial charge in [-0.3, -0.25) is 4.90 Å². The fourth-order valence-electron chi connectivity index (χ4n) is 2.52. The zero-order valence-electron chi connectivity index (χ0n) is 11.0. The smallest absolute Gasteiger partial charge is 0.0594 e. The van der Waals surface area contributed by atoms with E-state index < -0.39 is 0 Å². The van der Waals surface area contributed by atoms with Crippen LogP contribution in [0.15, 0.2) is 11.4 Å². The Bertz CT molecular complexity index is 353. The second-order valence-corrected chi connectivity index (χ2v) is 6.06. The van der Waals surface area contributed by atoms with Crippen LogP contribution >= 0.6 is 11.3 Å². The second kappa shape index (κ2) is 5.48. The first-order valence-corrected chi connectivity index (χ1v) is 7.19. The Kier molecular flexibility index (Phi) is 4.20. The summed E-state index contributed by atoms with van der Waals surface area (Å²) in [4.78, 5) is 6.38. The Morgan fingerprint density at radius 1 is 1.29 bits per heavy atom. The normalized spacial score (nSPS) is 22.6. The Morgan fingerprint density at radius 3 is 2.41 bits per heavy atom. The summed E-state index contributed by atoms with van der Waals surface area (Å²) in [7, 11) is 2.19. The van der Waals surface area contributed by atoms with Crippen LogP contribution in [0, 0.1) is 6.92 Å². The Morgan fingerprint density at radius 2 is 1.94 bits per heavy atom. The van der Waals surface area contributed by atoms with E-state index >= 15 is 0 Å². The first-order chi connectivity index (χ1) is 8.09. The monoisotopic (exact) mass is 253 g/mol. The first kappa shape index (κ1) is 13.0. The molecule has 1 saturated heterocycles. The lowest BCUT2D eigenvalue weighted by atomic mass is 10.0. The number of nitrogens with two attached hydrogens (primary N) is 1. The number of nitrogens with zero attached hydrogens (tertiary/aromatic N) is 2. The molecule has 0 aliphatic carbocycles. The predicted molar refractivity (Wildman–Crippen MR) is 74.5 cm³/mol. The van der Waals surface area contributed by atoms with Crippen molar-refractivity contribution in [3.63, 3.8) is 0 Å². The van der Waals surface area contributed by atoms with Crippen molar-refractivity contribution in [3.05, 3.63) is 21.9 Å². The van der Waals surface area contributed by atoms with Crippen molar-refractivity contribution in [1.82, 2.24) is 9.80 Å². The Hall–Kier alpha value is -0.420. The van der Waals surface area contributed by atoms with Crippen LogP contribution in [0.5, 0.6) is 0 Å². The fraction of sp³-hybridized carbons (Fsp3) is 0.692. The maximum atomic E-state index is 6.21. The highest BCUT2D eigenvalue weighted by Crippen LogP contribution is 2.31. The highest BCUT2D eigenvalue weighted by molar-refractivity contribution is 7.10. The van der Waals surface area contributed by atoms with Gasteiger partial charge in [0.15, 0.2) is 0 Å². The average molecular weight is 253 g/mol. The number of hydrogen-bond acceptors (Lipinski definition) is 4. The molecule has 1 aromatic rings. The van der Waals surface area contributed by atoms with Crippen LogP contribution in [0.1, 0.15) is 23.4 Å². The van der Waals surface area contributed by atoms with Crippen LogP contribution in [0.25, 0.3) is 0 Å². The molecule has 2 heterocycles. The molecule has 4 heteroatoms. The number of rotatable bonds is 3. The van der Waals surface area contributed by atoms with Crippen LogP contribution in [-0.2, 0) is 0 Å². The lowest BCUT2D eigenvalue weighted by molar-refractivity contribution is 0.102. The van der Waals surface area contributed by atoms with Gasteiger partial charge in [-0.05, 0) is 37.9 Å². The summed E-state index contributed by atoms with van der Waals surface area (Å²) in [6.07, 6.45) is 0. The molecule has 17 heavy (non-hydrogen) atoms. The summed E-state index contributed by atoms with van der Waals surface area (Å²) < 4.78 is 0. The molecule has 0 bridgehead atoms. The zero-order chi connectivity index (χ0) is 12.4. The van der Waals surface area contributed by atoms with E-state index in [0.29, 0.717) is 6.04 Å². The molecule has 0 spiro atoms. The van der Waals surface area contributed by atoms with Crippen molar-refractivity contribution in [1.29, 1.82) is 0 Å². The molecule has 1 aromatic heterocycles. The number of hydrogen-bond donors (Lipinski definition) is 1. The molecular formula is C13H23N3S. The summed E-state index contributed by atoms with van der Waals surface area (Å²) >= 11 is 1.85. The number of thiophene rings is 1. The van der Waals surface area contributed by atoms with Crippen molar-refractivity contribution >= 4 is 11.3 Å². The lowest BCUT2D eigenvalue weighted by Gasteiger charge is -2.39. The standard InChI is InChI=1S/C13H23N3S/c1-10-4-9-17-13(10)12(11(2)14)16-7-5-15(3)6-8-16/h4,9,11-12H,5-8,14H2,1-3H3. The van der Waals surface area contributed by atoms with Gasteiger partial charge in [-0.15, -0.1) is 11.3 Å². The molecule has 0 amide bonds. The third-order valence-electron chi connectivity index (χ3n) is 3.60. The minimum atomic E-state index is 0.191. The van der Waals surface area contributed by atoms with Gasteiger partial charge in [0.05, 0.1) is 6.04 Å². The minimum absolute atomic E-state index is 0.191. The first-order valence-electron chi connectivity index (χ1n) is 6.31. The third-order valence-corrected chi connectivity index (χ3v) is 4.69. The van der Waals surface area contributed by atoms with E-state index in [0.717, 1.165) is 26.2 Å². The zero-order valence-corrected chi connectivity index (χ0v) is 11.8. The molecule has 2 N–H and O–H groups in total. The molecule has 2 unspecified atom stereocenters. The predicted octanol–water partition coefficient (Wildman–Crippen LogP) is 1.69. The Labute approximate surface area is 108 Å². The maximum Gasteiger partial charge on any atom is 0.0594 e. The van der Waals surface area contributed by atoms with E-state index in [4.69, 9.17) is 5.73 Å². The summed E-state index contributed by atoms with van der Waals surface area (Å²) in [5.41, 5.74) is 7.60. The van der Waals surface area contributed by atoms with Crippen molar-refractivity contribution < 1.29 is 0 Å². The Balaban J connectivity index is 2.16. The van der Waals surface area contributed by atoms with Crippen molar-refractivity contribution in [2.24, 2.45) is 5.73 Å². The highest BCUT2D eigenvalue weighted by Gasteiger charge is 2.28. The average Bonchev–Trinajstić information content (AvgIpc) is 2.68. The van der Waals surface area contributed by atoms with Gasteiger partial charge in [0, 0.05) is 37.1 Å². The molecule has 1 aliphatic rings. The van der Waals surface area contributed by atoms with Crippen LogP contribution in [0.2, 0.25) is 0 Å². The van der Waals surface area contributed by atoms with Gasteiger partial charge < -0.3 is 10.6 Å². The molecule has 1 fully saturated rings. The van der Waals surface area contributed by atoms with E-state index in [9.17, 15) is 0 Å². The van der Waals surface area contributed by atoms with Crippen molar-refractivity contribution in [2.75, 3.05) is 33.2 Å². The number of likely N-dealkylation sites (N-methyl/N-ethyl adjacent to an activating group) is 1. The summed E-state index contributed by atoms with van der Waals surface area (Å²) in [6, 6.07) is 2.78. The molecule has 2 rings (SSSR count). The number of aryl methyl sites for hydroxylation is 1. The van der Waals surface area contributed by atoms with E-state index in [1.165, 1.54) is 10.4 Å². The molecule has 96 valence electrons. The largest absolute Gasteiger partial charge is 0.326 e.